The molecule has 0 unspecified atom stereocenters. The first kappa shape index (κ1) is 14.4. The number of aryl methyl sites for hydroxylation is 1. The Labute approximate surface area is 117 Å². The second kappa shape index (κ2) is 6.46. The maximum absolute atomic E-state index is 12.1. The molecule has 108 valence electrons. The number of nitrogen functional groups attached to an aromatic ring is 1. The fourth-order valence-corrected chi connectivity index (χ4v) is 2.86. The summed E-state index contributed by atoms with van der Waals surface area (Å²) in [6.07, 6.45) is 6.86. The molecule has 0 amide bonds. The third-order valence-electron chi connectivity index (χ3n) is 2.64. The van der Waals surface area contributed by atoms with E-state index in [2.05, 4.69) is 20.2 Å². The number of pyridine rings is 1. The van der Waals surface area contributed by atoms with Crippen molar-refractivity contribution in [2.45, 2.75) is 17.9 Å². The average Bonchev–Trinajstić information content (AvgIpc) is 2.97. The van der Waals surface area contributed by atoms with E-state index in [1.54, 1.807) is 10.9 Å². The number of hydrazine groups is 1. The molecule has 0 atom stereocenters. The van der Waals surface area contributed by atoms with E-state index in [-0.39, 0.29) is 4.90 Å². The first-order valence-electron chi connectivity index (χ1n) is 6.01. The van der Waals surface area contributed by atoms with Crippen LogP contribution in [0.1, 0.15) is 6.42 Å². The van der Waals surface area contributed by atoms with E-state index < -0.39 is 10.0 Å². The molecule has 4 N–H and O–H groups in total. The van der Waals surface area contributed by atoms with Crippen molar-refractivity contribution < 1.29 is 8.42 Å². The number of anilines is 1. The van der Waals surface area contributed by atoms with Gasteiger partial charge >= 0.3 is 0 Å². The molecule has 0 aliphatic heterocycles. The summed E-state index contributed by atoms with van der Waals surface area (Å²) in [4.78, 5) is 3.83. The quantitative estimate of drug-likeness (QED) is 0.374. The van der Waals surface area contributed by atoms with Crippen LogP contribution in [0.4, 0.5) is 5.69 Å². The third-order valence-corrected chi connectivity index (χ3v) is 4.13. The highest BCUT2D eigenvalue weighted by Gasteiger charge is 2.17. The minimum Gasteiger partial charge on any atom is -0.323 e. The highest BCUT2D eigenvalue weighted by molar-refractivity contribution is 7.89. The molecule has 0 aromatic carbocycles. The monoisotopic (exact) mass is 296 g/mol. The van der Waals surface area contributed by atoms with E-state index >= 15 is 0 Å². The molecular weight excluding hydrogens is 280 g/mol. The van der Waals surface area contributed by atoms with Crippen molar-refractivity contribution in [1.82, 2.24) is 19.5 Å². The molecule has 2 aromatic heterocycles. The Bertz CT molecular complexity index is 641. The van der Waals surface area contributed by atoms with E-state index in [4.69, 9.17) is 5.84 Å². The summed E-state index contributed by atoms with van der Waals surface area (Å²) in [5, 5.41) is 4.04. The number of aromatic nitrogens is 3. The molecule has 9 heteroatoms. The molecule has 0 aliphatic rings. The van der Waals surface area contributed by atoms with Crippen molar-refractivity contribution in [2.75, 3.05) is 12.0 Å². The molecule has 0 saturated heterocycles. The summed E-state index contributed by atoms with van der Waals surface area (Å²) >= 11 is 0. The lowest BCUT2D eigenvalue weighted by atomic mass is 10.4. The van der Waals surface area contributed by atoms with Crippen LogP contribution in [0.5, 0.6) is 0 Å². The maximum Gasteiger partial charge on any atom is 0.244 e. The van der Waals surface area contributed by atoms with Gasteiger partial charge in [0.15, 0.2) is 0 Å². The highest BCUT2D eigenvalue weighted by Crippen LogP contribution is 2.17. The smallest absolute Gasteiger partial charge is 0.244 e. The van der Waals surface area contributed by atoms with Crippen molar-refractivity contribution in [3.63, 3.8) is 0 Å². The van der Waals surface area contributed by atoms with E-state index in [1.165, 1.54) is 18.5 Å². The summed E-state index contributed by atoms with van der Waals surface area (Å²) in [7, 11) is -3.63. The van der Waals surface area contributed by atoms with Crippen LogP contribution in [0.2, 0.25) is 0 Å². The van der Waals surface area contributed by atoms with Gasteiger partial charge in [-0.15, -0.1) is 0 Å². The molecule has 2 heterocycles. The molecule has 20 heavy (non-hydrogen) atoms. The van der Waals surface area contributed by atoms with Gasteiger partial charge in [0.1, 0.15) is 4.90 Å². The minimum atomic E-state index is -3.63. The van der Waals surface area contributed by atoms with Crippen LogP contribution < -0.4 is 16.0 Å². The lowest BCUT2D eigenvalue weighted by molar-refractivity contribution is 0.553. The Morgan fingerprint density at radius 2 is 2.20 bits per heavy atom. The number of nitrogens with zero attached hydrogens (tertiary/aromatic N) is 3. The van der Waals surface area contributed by atoms with Crippen LogP contribution in [-0.2, 0) is 16.6 Å². The minimum absolute atomic E-state index is 0.0292. The zero-order valence-corrected chi connectivity index (χ0v) is 11.5. The van der Waals surface area contributed by atoms with Crippen LogP contribution in [-0.4, -0.2) is 29.7 Å². The number of rotatable bonds is 7. The summed E-state index contributed by atoms with van der Waals surface area (Å²) in [5.41, 5.74) is 2.65. The van der Waals surface area contributed by atoms with Gasteiger partial charge in [-0.2, -0.15) is 5.10 Å². The lowest BCUT2D eigenvalue weighted by Gasteiger charge is -2.10. The van der Waals surface area contributed by atoms with Gasteiger partial charge in [-0.1, -0.05) is 0 Å². The van der Waals surface area contributed by atoms with Crippen LogP contribution in [0.25, 0.3) is 0 Å². The number of hydrogen-bond donors (Lipinski definition) is 3. The fourth-order valence-electron chi connectivity index (χ4n) is 1.67. The molecule has 0 fully saturated rings. The van der Waals surface area contributed by atoms with Crippen molar-refractivity contribution in [2.24, 2.45) is 5.84 Å². The zero-order valence-electron chi connectivity index (χ0n) is 10.7. The van der Waals surface area contributed by atoms with Gasteiger partial charge in [0.05, 0.1) is 5.69 Å². The van der Waals surface area contributed by atoms with Crippen LogP contribution in [0.15, 0.2) is 41.8 Å². The van der Waals surface area contributed by atoms with Crippen molar-refractivity contribution in [1.29, 1.82) is 0 Å². The van der Waals surface area contributed by atoms with Crippen LogP contribution in [0, 0.1) is 0 Å². The Morgan fingerprint density at radius 1 is 1.35 bits per heavy atom. The number of sulfonamides is 1. The van der Waals surface area contributed by atoms with Crippen molar-refractivity contribution in [3.8, 4) is 0 Å². The molecule has 2 aromatic rings. The Balaban J connectivity index is 1.94. The van der Waals surface area contributed by atoms with Crippen LogP contribution in [0.3, 0.4) is 0 Å². The number of hydrogen-bond acceptors (Lipinski definition) is 6. The molecule has 2 rings (SSSR count). The van der Waals surface area contributed by atoms with Crippen LogP contribution >= 0.6 is 0 Å². The Hall–Kier alpha value is -1.97. The third kappa shape index (κ3) is 3.53. The van der Waals surface area contributed by atoms with Crippen molar-refractivity contribution in [3.05, 3.63) is 36.9 Å². The summed E-state index contributed by atoms with van der Waals surface area (Å²) < 4.78 is 28.5. The number of nitrogens with two attached hydrogens (primary N) is 1. The standard InChI is InChI=1S/C11H16N6O2S/c12-16-10-3-6-13-9-11(10)20(18,19)15-5-2-8-17-7-1-4-14-17/h1,3-4,6-7,9,15H,2,5,8,12H2,(H,13,16). The zero-order chi connectivity index (χ0) is 14.4. The molecule has 0 radical (unpaired) electrons. The van der Waals surface area contributed by atoms with Gasteiger partial charge in [0.25, 0.3) is 0 Å². The second-order valence-electron chi connectivity index (χ2n) is 4.04. The molecule has 0 bridgehead atoms. The largest absolute Gasteiger partial charge is 0.323 e. The average molecular weight is 296 g/mol. The van der Waals surface area contributed by atoms with Gasteiger partial charge in [0, 0.05) is 37.9 Å². The molecule has 8 nitrogen and oxygen atoms in total. The van der Waals surface area contributed by atoms with E-state index in [0.717, 1.165) is 0 Å². The second-order valence-corrected chi connectivity index (χ2v) is 5.77. The van der Waals surface area contributed by atoms with Crippen molar-refractivity contribution >= 4 is 15.7 Å². The topological polar surface area (TPSA) is 115 Å². The highest BCUT2D eigenvalue weighted by atomic mass is 32.2. The van der Waals surface area contributed by atoms with Gasteiger partial charge in [-0.25, -0.2) is 13.1 Å². The molecule has 0 saturated carbocycles. The maximum atomic E-state index is 12.1. The van der Waals surface area contributed by atoms with E-state index in [9.17, 15) is 8.42 Å². The fraction of sp³-hybridized carbons (Fsp3) is 0.273. The normalized spacial score (nSPS) is 11.4. The van der Waals surface area contributed by atoms with Gasteiger partial charge in [-0.3, -0.25) is 15.5 Å². The molecular formula is C11H16N6O2S. The van der Waals surface area contributed by atoms with Gasteiger partial charge < -0.3 is 5.43 Å². The Morgan fingerprint density at radius 3 is 2.90 bits per heavy atom. The number of nitrogens with one attached hydrogen (secondary N) is 2. The first-order chi connectivity index (χ1) is 9.63. The Kier molecular flexibility index (Phi) is 4.66. The lowest BCUT2D eigenvalue weighted by Crippen LogP contribution is -2.27. The van der Waals surface area contributed by atoms with E-state index in [1.807, 2.05) is 12.3 Å². The summed E-state index contributed by atoms with van der Waals surface area (Å²) in [6, 6.07) is 3.32. The summed E-state index contributed by atoms with van der Waals surface area (Å²) in [5.74, 6) is 5.28. The molecule has 0 spiro atoms. The molecule has 0 aliphatic carbocycles. The predicted molar refractivity (Wildman–Crippen MR) is 74.1 cm³/mol. The van der Waals surface area contributed by atoms with Gasteiger partial charge in [-0.05, 0) is 18.6 Å². The predicted octanol–water partition coefficient (Wildman–Crippen LogP) is -0.0677. The van der Waals surface area contributed by atoms with E-state index in [0.29, 0.717) is 25.2 Å². The summed E-state index contributed by atoms with van der Waals surface area (Å²) in [6.45, 7) is 0.950. The van der Waals surface area contributed by atoms with Gasteiger partial charge in [0.2, 0.25) is 10.0 Å². The first-order valence-corrected chi connectivity index (χ1v) is 7.49. The SMILES string of the molecule is NNc1ccncc1S(=O)(=O)NCCCn1cccn1.